The number of likely N-dealkylation sites (N-methyl/N-ethyl adjacent to an activating group) is 1. The molecule has 7 nitrogen and oxygen atoms in total. The first-order chi connectivity index (χ1) is 8.61. The van der Waals surface area contributed by atoms with Crippen LogP contribution in [0.1, 0.15) is 19.3 Å². The molecule has 1 atom stereocenters. The minimum atomic E-state index is -0.568. The van der Waals surface area contributed by atoms with E-state index in [0.29, 0.717) is 26.1 Å². The average Bonchev–Trinajstić information content (AvgIpc) is 2.36. The summed E-state index contributed by atoms with van der Waals surface area (Å²) in [5.41, 5.74) is 11.0. The van der Waals surface area contributed by atoms with Gasteiger partial charge in [0.25, 0.3) is 0 Å². The van der Waals surface area contributed by atoms with Gasteiger partial charge in [-0.2, -0.15) is 0 Å². The highest BCUT2D eigenvalue weighted by Crippen LogP contribution is 1.97. The van der Waals surface area contributed by atoms with Crippen LogP contribution in [0.2, 0.25) is 0 Å². The fraction of sp³-hybridized carbons (Fsp3) is 0.818. The predicted molar refractivity (Wildman–Crippen MR) is 70.8 cm³/mol. The molecular weight excluding hydrogens is 234 g/mol. The van der Waals surface area contributed by atoms with Crippen LogP contribution in [0, 0.1) is 0 Å². The molecule has 1 unspecified atom stereocenters. The van der Waals surface area contributed by atoms with Gasteiger partial charge in [-0.25, -0.2) is 0 Å². The van der Waals surface area contributed by atoms with Crippen LogP contribution in [0.15, 0.2) is 0 Å². The van der Waals surface area contributed by atoms with E-state index in [-0.39, 0.29) is 18.4 Å². The maximum absolute atomic E-state index is 11.5. The lowest BCUT2D eigenvalue weighted by Gasteiger charge is -2.12. The maximum atomic E-state index is 11.5. The topological polar surface area (TPSA) is 122 Å². The molecular formula is C11H25N5O2. The standard InChI is InChI=1S/C11H25N5O2/c1-14-6-7-15-10(17)8-16-11(18)9(13)4-2-3-5-12/h9,14H,2-8,12-13H2,1H3,(H,15,17)(H,16,18). The van der Waals surface area contributed by atoms with Gasteiger partial charge in [0.15, 0.2) is 0 Å². The van der Waals surface area contributed by atoms with Gasteiger partial charge in [-0.05, 0) is 26.4 Å². The third-order valence-electron chi connectivity index (χ3n) is 2.43. The normalized spacial score (nSPS) is 11.9. The van der Waals surface area contributed by atoms with Crippen LogP contribution in [0.3, 0.4) is 0 Å². The second-order valence-corrected chi connectivity index (χ2v) is 4.06. The molecule has 106 valence electrons. The minimum Gasteiger partial charge on any atom is -0.353 e. The zero-order chi connectivity index (χ0) is 13.8. The van der Waals surface area contributed by atoms with Gasteiger partial charge in [0, 0.05) is 13.1 Å². The Morgan fingerprint density at radius 1 is 1.17 bits per heavy atom. The summed E-state index contributed by atoms with van der Waals surface area (Å²) < 4.78 is 0. The summed E-state index contributed by atoms with van der Waals surface area (Å²) in [5, 5.41) is 8.07. The fourth-order valence-corrected chi connectivity index (χ4v) is 1.33. The van der Waals surface area contributed by atoms with Crippen molar-refractivity contribution in [3.8, 4) is 0 Å². The Morgan fingerprint density at radius 3 is 2.50 bits per heavy atom. The van der Waals surface area contributed by atoms with Crippen molar-refractivity contribution in [3.63, 3.8) is 0 Å². The Hall–Kier alpha value is -1.18. The van der Waals surface area contributed by atoms with Gasteiger partial charge in [0.05, 0.1) is 12.6 Å². The number of rotatable bonds is 10. The summed E-state index contributed by atoms with van der Waals surface area (Å²) in [6.45, 7) is 1.79. The first-order valence-corrected chi connectivity index (χ1v) is 6.26. The molecule has 0 rings (SSSR count). The SMILES string of the molecule is CNCCNC(=O)CNC(=O)C(N)CCCCN. The van der Waals surface area contributed by atoms with Gasteiger partial charge < -0.3 is 27.4 Å². The van der Waals surface area contributed by atoms with Gasteiger partial charge in [0.2, 0.25) is 11.8 Å². The molecule has 0 aromatic rings. The van der Waals surface area contributed by atoms with Crippen LogP contribution in [-0.2, 0) is 9.59 Å². The van der Waals surface area contributed by atoms with Gasteiger partial charge >= 0.3 is 0 Å². The number of hydrogen-bond acceptors (Lipinski definition) is 5. The van der Waals surface area contributed by atoms with E-state index in [1.807, 2.05) is 0 Å². The van der Waals surface area contributed by atoms with Gasteiger partial charge in [-0.3, -0.25) is 9.59 Å². The zero-order valence-corrected chi connectivity index (χ0v) is 11.0. The van der Waals surface area contributed by atoms with E-state index < -0.39 is 6.04 Å². The van der Waals surface area contributed by atoms with Crippen molar-refractivity contribution in [2.45, 2.75) is 25.3 Å². The van der Waals surface area contributed by atoms with Crippen molar-refractivity contribution >= 4 is 11.8 Å². The molecule has 0 spiro atoms. The highest BCUT2D eigenvalue weighted by molar-refractivity contribution is 5.87. The predicted octanol–water partition coefficient (Wildman–Crippen LogP) is -2.11. The lowest BCUT2D eigenvalue weighted by atomic mass is 10.1. The second kappa shape index (κ2) is 10.9. The molecule has 7 N–H and O–H groups in total. The van der Waals surface area contributed by atoms with Crippen molar-refractivity contribution in [2.75, 3.05) is 33.2 Å². The Bertz CT molecular complexity index is 248. The van der Waals surface area contributed by atoms with E-state index in [4.69, 9.17) is 11.5 Å². The van der Waals surface area contributed by atoms with Crippen LogP contribution >= 0.6 is 0 Å². The summed E-state index contributed by atoms with van der Waals surface area (Å²) in [6, 6.07) is -0.568. The van der Waals surface area contributed by atoms with E-state index in [0.717, 1.165) is 12.8 Å². The Kier molecular flexibility index (Phi) is 10.2. The lowest BCUT2D eigenvalue weighted by Crippen LogP contribution is -2.45. The van der Waals surface area contributed by atoms with Crippen LogP contribution in [0.4, 0.5) is 0 Å². The van der Waals surface area contributed by atoms with E-state index >= 15 is 0 Å². The van der Waals surface area contributed by atoms with Crippen LogP contribution < -0.4 is 27.4 Å². The molecule has 2 amide bonds. The molecule has 0 aliphatic carbocycles. The van der Waals surface area contributed by atoms with Gasteiger partial charge in [-0.15, -0.1) is 0 Å². The first-order valence-electron chi connectivity index (χ1n) is 6.26. The minimum absolute atomic E-state index is 0.0346. The molecule has 0 aromatic carbocycles. The smallest absolute Gasteiger partial charge is 0.239 e. The molecule has 0 aliphatic heterocycles. The number of carbonyl (C=O) groups excluding carboxylic acids is 2. The summed E-state index contributed by atoms with van der Waals surface area (Å²) in [6.07, 6.45) is 2.26. The van der Waals surface area contributed by atoms with Crippen molar-refractivity contribution in [2.24, 2.45) is 11.5 Å². The van der Waals surface area contributed by atoms with Crippen molar-refractivity contribution < 1.29 is 9.59 Å². The highest BCUT2D eigenvalue weighted by atomic mass is 16.2. The number of hydrogen-bond donors (Lipinski definition) is 5. The van der Waals surface area contributed by atoms with Crippen LogP contribution in [0.25, 0.3) is 0 Å². The summed E-state index contributed by atoms with van der Waals surface area (Å²) >= 11 is 0. The van der Waals surface area contributed by atoms with Crippen LogP contribution in [-0.4, -0.2) is 51.1 Å². The average molecular weight is 259 g/mol. The third kappa shape index (κ3) is 8.91. The summed E-state index contributed by atoms with van der Waals surface area (Å²) in [4.78, 5) is 22.8. The van der Waals surface area contributed by atoms with E-state index in [9.17, 15) is 9.59 Å². The number of amides is 2. The van der Waals surface area contributed by atoms with E-state index in [1.165, 1.54) is 0 Å². The van der Waals surface area contributed by atoms with Gasteiger partial charge in [0.1, 0.15) is 0 Å². The molecule has 0 saturated carbocycles. The Morgan fingerprint density at radius 2 is 1.89 bits per heavy atom. The summed E-state index contributed by atoms with van der Waals surface area (Å²) in [5.74, 6) is -0.511. The quantitative estimate of drug-likeness (QED) is 0.288. The van der Waals surface area contributed by atoms with Crippen molar-refractivity contribution in [1.82, 2.24) is 16.0 Å². The molecule has 18 heavy (non-hydrogen) atoms. The Balaban J connectivity index is 3.64. The zero-order valence-electron chi connectivity index (χ0n) is 11.0. The highest BCUT2D eigenvalue weighted by Gasteiger charge is 2.13. The molecule has 7 heteroatoms. The lowest BCUT2D eigenvalue weighted by molar-refractivity contribution is -0.126. The fourth-order valence-electron chi connectivity index (χ4n) is 1.33. The molecule has 0 heterocycles. The molecule has 0 aliphatic rings. The Labute approximate surface area is 108 Å². The van der Waals surface area contributed by atoms with E-state index in [1.54, 1.807) is 7.05 Å². The number of carbonyl (C=O) groups is 2. The summed E-state index contributed by atoms with van der Waals surface area (Å²) in [7, 11) is 1.80. The van der Waals surface area contributed by atoms with E-state index in [2.05, 4.69) is 16.0 Å². The second-order valence-electron chi connectivity index (χ2n) is 4.06. The van der Waals surface area contributed by atoms with Gasteiger partial charge in [-0.1, -0.05) is 6.42 Å². The number of unbranched alkanes of at least 4 members (excludes halogenated alkanes) is 1. The van der Waals surface area contributed by atoms with Crippen molar-refractivity contribution in [1.29, 1.82) is 0 Å². The third-order valence-corrected chi connectivity index (χ3v) is 2.43. The monoisotopic (exact) mass is 259 g/mol. The molecule has 0 aromatic heterocycles. The molecule has 0 fully saturated rings. The first kappa shape index (κ1) is 16.8. The number of nitrogens with two attached hydrogens (primary N) is 2. The molecule has 0 bridgehead atoms. The molecule has 0 saturated heterocycles. The maximum Gasteiger partial charge on any atom is 0.239 e. The molecule has 0 radical (unpaired) electrons. The van der Waals surface area contributed by atoms with Crippen LogP contribution in [0.5, 0.6) is 0 Å². The largest absolute Gasteiger partial charge is 0.353 e. The van der Waals surface area contributed by atoms with Crippen molar-refractivity contribution in [3.05, 3.63) is 0 Å². The number of nitrogens with one attached hydrogen (secondary N) is 3.